The Morgan fingerprint density at radius 3 is 2.45 bits per heavy atom. The number of amides is 1. The maximum atomic E-state index is 12.7. The van der Waals surface area contributed by atoms with Crippen molar-refractivity contribution >= 4 is 26.9 Å². The van der Waals surface area contributed by atoms with Crippen LogP contribution in [-0.4, -0.2) is 44.9 Å². The average Bonchev–Trinajstić information content (AvgIpc) is 3.18. The van der Waals surface area contributed by atoms with Gasteiger partial charge in [0.15, 0.2) is 5.76 Å². The van der Waals surface area contributed by atoms with Crippen LogP contribution in [0, 0.1) is 0 Å². The van der Waals surface area contributed by atoms with Gasteiger partial charge >= 0.3 is 0 Å². The molecule has 1 aromatic heterocycles. The standard InChI is InChI=1S/C21H22N2O5S/c24-21(20-13-16-5-3-4-8-19(16)28-20)22-14-17-6-1-2-7-18(17)15-29(25,26)23-9-11-27-12-10-23/h1-8,13H,9-12,14-15H2,(H,22,24). The van der Waals surface area contributed by atoms with E-state index in [1.165, 1.54) is 4.31 Å². The van der Waals surface area contributed by atoms with Crippen molar-refractivity contribution < 1.29 is 22.4 Å². The number of nitrogens with one attached hydrogen (secondary N) is 1. The van der Waals surface area contributed by atoms with Crippen molar-refractivity contribution in [3.05, 3.63) is 71.5 Å². The highest BCUT2D eigenvalue weighted by molar-refractivity contribution is 7.88. The molecule has 0 unspecified atom stereocenters. The number of para-hydroxylation sites is 1. The molecular weight excluding hydrogens is 392 g/mol. The molecule has 2 heterocycles. The molecule has 1 aliphatic heterocycles. The Bertz CT molecular complexity index is 1080. The zero-order chi connectivity index (χ0) is 20.3. The van der Waals surface area contributed by atoms with Gasteiger partial charge in [0.05, 0.1) is 19.0 Å². The van der Waals surface area contributed by atoms with E-state index in [2.05, 4.69) is 5.32 Å². The van der Waals surface area contributed by atoms with Crippen LogP contribution in [0.15, 0.2) is 59.0 Å². The number of fused-ring (bicyclic) bond motifs is 1. The van der Waals surface area contributed by atoms with E-state index in [1.807, 2.05) is 30.3 Å². The van der Waals surface area contributed by atoms with Crippen molar-refractivity contribution in [2.24, 2.45) is 0 Å². The van der Waals surface area contributed by atoms with E-state index in [9.17, 15) is 13.2 Å². The van der Waals surface area contributed by atoms with Crippen LogP contribution in [0.25, 0.3) is 11.0 Å². The van der Waals surface area contributed by atoms with Crippen LogP contribution in [0.3, 0.4) is 0 Å². The molecule has 3 aromatic rings. The molecule has 0 aliphatic carbocycles. The maximum Gasteiger partial charge on any atom is 0.287 e. The number of ether oxygens (including phenoxy) is 1. The molecular formula is C21H22N2O5S. The second kappa shape index (κ2) is 8.36. The lowest BCUT2D eigenvalue weighted by atomic mass is 10.1. The number of morpholine rings is 1. The molecule has 7 nitrogen and oxygen atoms in total. The minimum Gasteiger partial charge on any atom is -0.451 e. The van der Waals surface area contributed by atoms with E-state index >= 15 is 0 Å². The fourth-order valence-corrected chi connectivity index (χ4v) is 4.90. The lowest BCUT2D eigenvalue weighted by Gasteiger charge is -2.26. The van der Waals surface area contributed by atoms with Gasteiger partial charge in [0.2, 0.25) is 10.0 Å². The lowest BCUT2D eigenvalue weighted by molar-refractivity contribution is 0.0729. The first-order valence-electron chi connectivity index (χ1n) is 9.42. The van der Waals surface area contributed by atoms with E-state index in [0.29, 0.717) is 37.4 Å². The van der Waals surface area contributed by atoms with Crippen LogP contribution in [-0.2, 0) is 27.1 Å². The molecule has 0 atom stereocenters. The summed E-state index contributed by atoms with van der Waals surface area (Å²) in [5.74, 6) is -0.222. The Hall–Kier alpha value is -2.68. The average molecular weight is 414 g/mol. The normalized spacial score (nSPS) is 15.4. The third-order valence-corrected chi connectivity index (χ3v) is 6.74. The molecule has 1 amide bonds. The molecule has 8 heteroatoms. The molecule has 29 heavy (non-hydrogen) atoms. The summed E-state index contributed by atoms with van der Waals surface area (Å²) in [6.45, 7) is 1.77. The van der Waals surface area contributed by atoms with Crippen LogP contribution >= 0.6 is 0 Å². The third kappa shape index (κ3) is 4.50. The van der Waals surface area contributed by atoms with E-state index in [0.717, 1.165) is 10.9 Å². The first-order chi connectivity index (χ1) is 14.0. The lowest BCUT2D eigenvalue weighted by Crippen LogP contribution is -2.41. The number of sulfonamides is 1. The van der Waals surface area contributed by atoms with E-state index in [-0.39, 0.29) is 24.0 Å². The Morgan fingerprint density at radius 1 is 1.00 bits per heavy atom. The minimum atomic E-state index is -3.44. The molecule has 0 spiro atoms. The van der Waals surface area contributed by atoms with Crippen LogP contribution in [0.5, 0.6) is 0 Å². The molecule has 0 radical (unpaired) electrons. The summed E-state index contributed by atoms with van der Waals surface area (Å²) in [5, 5.41) is 3.68. The molecule has 0 saturated carbocycles. The second-order valence-corrected chi connectivity index (χ2v) is 8.84. The number of carbonyl (C=O) groups is 1. The van der Waals surface area contributed by atoms with Crippen molar-refractivity contribution in [2.45, 2.75) is 12.3 Å². The summed E-state index contributed by atoms with van der Waals surface area (Å²) in [5.41, 5.74) is 2.08. The van der Waals surface area contributed by atoms with Gasteiger partial charge in [0, 0.05) is 25.0 Å². The van der Waals surface area contributed by atoms with Gasteiger partial charge in [-0.15, -0.1) is 0 Å². The number of nitrogens with zero attached hydrogens (tertiary/aromatic N) is 1. The van der Waals surface area contributed by atoms with Gasteiger partial charge in [-0.3, -0.25) is 4.79 Å². The highest BCUT2D eigenvalue weighted by Gasteiger charge is 2.25. The zero-order valence-electron chi connectivity index (χ0n) is 15.8. The predicted molar refractivity (Wildman–Crippen MR) is 109 cm³/mol. The summed E-state index contributed by atoms with van der Waals surface area (Å²) in [7, 11) is -3.44. The fourth-order valence-electron chi connectivity index (χ4n) is 3.34. The quantitative estimate of drug-likeness (QED) is 0.670. The van der Waals surface area contributed by atoms with Gasteiger partial charge in [0.1, 0.15) is 5.58 Å². The molecule has 4 rings (SSSR count). The monoisotopic (exact) mass is 414 g/mol. The van der Waals surface area contributed by atoms with Crippen molar-refractivity contribution in [1.29, 1.82) is 0 Å². The number of hydrogen-bond donors (Lipinski definition) is 1. The molecule has 152 valence electrons. The second-order valence-electron chi connectivity index (χ2n) is 6.87. The zero-order valence-corrected chi connectivity index (χ0v) is 16.7. The number of rotatable bonds is 6. The first-order valence-corrected chi connectivity index (χ1v) is 11.0. The van der Waals surface area contributed by atoms with E-state index < -0.39 is 10.0 Å². The van der Waals surface area contributed by atoms with Gasteiger partial charge in [-0.25, -0.2) is 8.42 Å². The summed E-state index contributed by atoms with van der Waals surface area (Å²) in [6, 6.07) is 16.3. The van der Waals surface area contributed by atoms with E-state index in [1.54, 1.807) is 24.3 Å². The van der Waals surface area contributed by atoms with Crippen LogP contribution < -0.4 is 5.32 Å². The first kappa shape index (κ1) is 19.6. The topological polar surface area (TPSA) is 88.9 Å². The highest BCUT2D eigenvalue weighted by atomic mass is 32.2. The number of benzene rings is 2. The fraction of sp³-hybridized carbons (Fsp3) is 0.286. The van der Waals surface area contributed by atoms with Gasteiger partial charge in [-0.05, 0) is 23.3 Å². The number of hydrogen-bond acceptors (Lipinski definition) is 5. The van der Waals surface area contributed by atoms with E-state index in [4.69, 9.17) is 9.15 Å². The number of furan rings is 1. The Labute approximate surface area is 169 Å². The Balaban J connectivity index is 1.46. The Kier molecular flexibility index (Phi) is 5.66. The van der Waals surface area contributed by atoms with Crippen molar-refractivity contribution in [1.82, 2.24) is 9.62 Å². The van der Waals surface area contributed by atoms with Crippen molar-refractivity contribution in [3.8, 4) is 0 Å². The summed E-state index contributed by atoms with van der Waals surface area (Å²) >= 11 is 0. The summed E-state index contributed by atoms with van der Waals surface area (Å²) < 4.78 is 37.7. The van der Waals surface area contributed by atoms with Crippen molar-refractivity contribution in [3.63, 3.8) is 0 Å². The molecule has 0 bridgehead atoms. The van der Waals surface area contributed by atoms with Crippen LogP contribution in [0.4, 0.5) is 0 Å². The minimum absolute atomic E-state index is 0.107. The van der Waals surface area contributed by atoms with Gasteiger partial charge in [-0.2, -0.15) is 4.31 Å². The largest absolute Gasteiger partial charge is 0.451 e. The maximum absolute atomic E-state index is 12.7. The predicted octanol–water partition coefficient (Wildman–Crippen LogP) is 2.52. The summed E-state index contributed by atoms with van der Waals surface area (Å²) in [6.07, 6.45) is 0. The number of carbonyl (C=O) groups excluding carboxylic acids is 1. The van der Waals surface area contributed by atoms with Gasteiger partial charge < -0.3 is 14.5 Å². The molecule has 2 aromatic carbocycles. The van der Waals surface area contributed by atoms with Gasteiger partial charge in [0.25, 0.3) is 5.91 Å². The van der Waals surface area contributed by atoms with Crippen LogP contribution in [0.1, 0.15) is 21.7 Å². The molecule has 1 N–H and O–H groups in total. The van der Waals surface area contributed by atoms with Crippen LogP contribution in [0.2, 0.25) is 0 Å². The van der Waals surface area contributed by atoms with Gasteiger partial charge in [-0.1, -0.05) is 42.5 Å². The highest BCUT2D eigenvalue weighted by Crippen LogP contribution is 2.20. The molecule has 1 saturated heterocycles. The summed E-state index contributed by atoms with van der Waals surface area (Å²) in [4.78, 5) is 12.5. The third-order valence-electron chi connectivity index (χ3n) is 4.91. The SMILES string of the molecule is O=C(NCc1ccccc1CS(=O)(=O)N1CCOCC1)c1cc2ccccc2o1. The smallest absolute Gasteiger partial charge is 0.287 e. The Morgan fingerprint density at radius 2 is 1.69 bits per heavy atom. The molecule has 1 aliphatic rings. The molecule has 1 fully saturated rings. The van der Waals surface area contributed by atoms with Crippen molar-refractivity contribution in [2.75, 3.05) is 26.3 Å².